The van der Waals surface area contributed by atoms with Gasteiger partial charge in [0.1, 0.15) is 11.2 Å². The molecule has 1 aliphatic carbocycles. The molecule has 2 atom stereocenters. The number of hydrogen-bond donors (Lipinski definition) is 0. The lowest BCUT2D eigenvalue weighted by Gasteiger charge is -2.46. The molecule has 0 fully saturated rings. The van der Waals surface area contributed by atoms with Gasteiger partial charge in [-0.1, -0.05) is 6.08 Å². The molecule has 1 unspecified atom stereocenters. The number of carbonyl (C=O) groups is 2. The molecule has 0 saturated carbocycles. The first-order chi connectivity index (χ1) is 8.79. The Kier molecular flexibility index (Phi) is 3.15. The lowest BCUT2D eigenvalue weighted by Crippen LogP contribution is -2.55. The van der Waals surface area contributed by atoms with E-state index in [4.69, 9.17) is 5.26 Å². The zero-order chi connectivity index (χ0) is 14.4. The molecule has 0 radical (unpaired) electrons. The van der Waals surface area contributed by atoms with Crippen LogP contribution in [0.3, 0.4) is 0 Å². The predicted molar refractivity (Wildman–Crippen MR) is 75.3 cm³/mol. The lowest BCUT2D eigenvalue weighted by molar-refractivity contribution is -0.132. The van der Waals surface area contributed by atoms with Crippen molar-refractivity contribution in [2.75, 3.05) is 13.1 Å². The van der Waals surface area contributed by atoms with Crippen molar-refractivity contribution in [3.8, 4) is 6.07 Å². The van der Waals surface area contributed by atoms with E-state index in [1.807, 2.05) is 19.1 Å². The van der Waals surface area contributed by atoms with E-state index in [9.17, 15) is 9.59 Å². The van der Waals surface area contributed by atoms with Crippen molar-refractivity contribution in [2.24, 2.45) is 5.41 Å². The maximum Gasteiger partial charge on any atom is 0.240 e. The number of likely N-dealkylation sites (N-methyl/N-ethyl adjacent to an activating group) is 1. The molecule has 2 aliphatic rings. The molecule has 100 valence electrons. The molecule has 0 N–H and O–H groups in total. The van der Waals surface area contributed by atoms with E-state index >= 15 is 0 Å². The van der Waals surface area contributed by atoms with Crippen LogP contribution in [-0.4, -0.2) is 34.8 Å². The van der Waals surface area contributed by atoms with Gasteiger partial charge in [-0.2, -0.15) is 5.26 Å². The molecule has 19 heavy (non-hydrogen) atoms. The molecule has 4 nitrogen and oxygen atoms in total. The maximum absolute atomic E-state index is 12.6. The number of nitriles is 1. The summed E-state index contributed by atoms with van der Waals surface area (Å²) in [7, 11) is 2.54. The zero-order valence-electron chi connectivity index (χ0n) is 11.4. The quantitative estimate of drug-likeness (QED) is 0.538. The van der Waals surface area contributed by atoms with E-state index in [0.29, 0.717) is 13.1 Å². The van der Waals surface area contributed by atoms with Crippen LogP contribution < -0.4 is 0 Å². The van der Waals surface area contributed by atoms with Gasteiger partial charge in [-0.3, -0.25) is 9.59 Å². The molecule has 0 aromatic rings. The molecule has 0 spiro atoms. The number of nitrogens with zero attached hydrogens (tertiary/aromatic N) is 2. The van der Waals surface area contributed by atoms with E-state index in [1.54, 1.807) is 18.7 Å². The third kappa shape index (κ3) is 1.76. The first kappa shape index (κ1) is 14.0. The molecule has 1 heterocycles. The van der Waals surface area contributed by atoms with Gasteiger partial charge in [0.15, 0.2) is 5.78 Å². The second-order valence-corrected chi connectivity index (χ2v) is 6.37. The number of Topliss-reactive ketones (excluding diaryl/α,β-unsaturated/α-hetero) is 1. The van der Waals surface area contributed by atoms with Gasteiger partial charge in [0.05, 0.1) is 11.0 Å². The van der Waals surface area contributed by atoms with Gasteiger partial charge in [-0.15, -0.1) is 9.24 Å². The molecular weight excluding hydrogens is 259 g/mol. The average molecular weight is 276 g/mol. The van der Waals surface area contributed by atoms with E-state index in [-0.39, 0.29) is 17.3 Å². The number of fused-ring (bicyclic) bond motifs is 1. The monoisotopic (exact) mass is 276 g/mol. The number of amides is 1. The second-order valence-electron chi connectivity index (χ2n) is 5.45. The van der Waals surface area contributed by atoms with Gasteiger partial charge in [0, 0.05) is 13.1 Å². The summed E-state index contributed by atoms with van der Waals surface area (Å²) in [5, 5.41) is 8.17. The maximum atomic E-state index is 12.6. The third-order valence-electron chi connectivity index (χ3n) is 3.96. The Morgan fingerprint density at radius 1 is 1.47 bits per heavy atom. The fourth-order valence-corrected chi connectivity index (χ4v) is 3.68. The van der Waals surface area contributed by atoms with Crippen LogP contribution in [0, 0.1) is 16.7 Å². The van der Waals surface area contributed by atoms with Crippen molar-refractivity contribution < 1.29 is 9.59 Å². The van der Waals surface area contributed by atoms with Crippen molar-refractivity contribution in [1.29, 1.82) is 5.26 Å². The number of carbonyl (C=O) groups excluding carboxylic acids is 2. The first-order valence-electron chi connectivity index (χ1n) is 6.26. The van der Waals surface area contributed by atoms with Crippen molar-refractivity contribution >= 4 is 20.9 Å². The molecule has 0 aromatic heterocycles. The Labute approximate surface area is 115 Å². The van der Waals surface area contributed by atoms with E-state index in [1.165, 1.54) is 6.08 Å². The number of hydrogen-bond acceptors (Lipinski definition) is 3. The van der Waals surface area contributed by atoms with Gasteiger partial charge >= 0.3 is 0 Å². The summed E-state index contributed by atoms with van der Waals surface area (Å²) in [6.07, 6.45) is 3.45. The molecule has 0 bridgehead atoms. The molecule has 0 saturated heterocycles. The second kappa shape index (κ2) is 4.28. The molecule has 2 rings (SSSR count). The number of ketones is 1. The summed E-state index contributed by atoms with van der Waals surface area (Å²) in [5.41, 5.74) is 0.0454. The minimum atomic E-state index is -0.948. The van der Waals surface area contributed by atoms with Crippen LogP contribution in [0.15, 0.2) is 23.3 Å². The van der Waals surface area contributed by atoms with E-state index < -0.39 is 10.6 Å². The smallest absolute Gasteiger partial charge is 0.240 e. The summed E-state index contributed by atoms with van der Waals surface area (Å²) in [6, 6.07) is 1.92. The largest absolute Gasteiger partial charge is 0.338 e. The summed E-state index contributed by atoms with van der Waals surface area (Å²) >= 11 is 0. The Hall–Kier alpha value is -1.46. The average Bonchev–Trinajstić information content (AvgIpc) is 2.37. The van der Waals surface area contributed by atoms with Crippen LogP contribution in [0.5, 0.6) is 0 Å². The van der Waals surface area contributed by atoms with Crippen molar-refractivity contribution in [3.63, 3.8) is 0 Å². The first-order valence-corrected chi connectivity index (χ1v) is 6.84. The topological polar surface area (TPSA) is 61.2 Å². The molecule has 1 aliphatic heterocycles. The van der Waals surface area contributed by atoms with Crippen molar-refractivity contribution in [2.45, 2.75) is 25.9 Å². The van der Waals surface area contributed by atoms with Crippen LogP contribution in [0.1, 0.15) is 20.8 Å². The Bertz CT molecular complexity index is 568. The molecule has 0 aromatic carbocycles. The Balaban J connectivity index is 2.69. The highest BCUT2D eigenvalue weighted by Gasteiger charge is 2.53. The number of rotatable bonds is 1. The highest BCUT2D eigenvalue weighted by atomic mass is 31.0. The minimum Gasteiger partial charge on any atom is -0.338 e. The van der Waals surface area contributed by atoms with Crippen LogP contribution in [-0.2, 0) is 9.59 Å². The zero-order valence-corrected chi connectivity index (χ0v) is 12.5. The normalized spacial score (nSPS) is 29.3. The SMILES string of the molecule is CCN1CC=C2C(C)(C)C(=O)C(C#N)=C[C@@]2(P)C1=O. The third-order valence-corrected chi connectivity index (χ3v) is 4.69. The van der Waals surface area contributed by atoms with Gasteiger partial charge in [0.25, 0.3) is 0 Å². The molecule has 1 amide bonds. The molecule has 5 heteroatoms. The fraction of sp³-hybridized carbons (Fsp3) is 0.500. The minimum absolute atomic E-state index is 0.0641. The van der Waals surface area contributed by atoms with Crippen molar-refractivity contribution in [1.82, 2.24) is 4.90 Å². The number of allylic oxidation sites excluding steroid dienone is 1. The molecular formula is C14H17N2O2P. The van der Waals surface area contributed by atoms with E-state index in [0.717, 1.165) is 5.57 Å². The Morgan fingerprint density at radius 2 is 2.11 bits per heavy atom. The van der Waals surface area contributed by atoms with Crippen LogP contribution in [0.4, 0.5) is 0 Å². The lowest BCUT2D eigenvalue weighted by atomic mass is 9.66. The van der Waals surface area contributed by atoms with Gasteiger partial charge in [-0.25, -0.2) is 0 Å². The van der Waals surface area contributed by atoms with Gasteiger partial charge in [0.2, 0.25) is 5.91 Å². The van der Waals surface area contributed by atoms with Crippen LogP contribution in [0.2, 0.25) is 0 Å². The highest BCUT2D eigenvalue weighted by Crippen LogP contribution is 2.49. The van der Waals surface area contributed by atoms with Crippen LogP contribution in [0.25, 0.3) is 0 Å². The van der Waals surface area contributed by atoms with E-state index in [2.05, 4.69) is 9.24 Å². The summed E-state index contributed by atoms with van der Waals surface area (Å²) in [4.78, 5) is 26.6. The summed E-state index contributed by atoms with van der Waals surface area (Å²) in [5.74, 6) is -0.275. The van der Waals surface area contributed by atoms with Gasteiger partial charge in [-0.05, 0) is 32.4 Å². The summed E-state index contributed by atoms with van der Waals surface area (Å²) < 4.78 is 0. The predicted octanol–water partition coefficient (Wildman–Crippen LogP) is 1.45. The summed E-state index contributed by atoms with van der Waals surface area (Å²) in [6.45, 7) is 6.60. The Morgan fingerprint density at radius 3 is 2.63 bits per heavy atom. The standard InChI is InChI=1S/C14H17N2O2P/c1-4-16-6-5-10-13(2,3)11(17)9(8-15)7-14(10,19)12(16)18/h5,7H,4,6,19H2,1-3H3/t14-/m0/s1. The van der Waals surface area contributed by atoms with Crippen molar-refractivity contribution in [3.05, 3.63) is 23.3 Å². The van der Waals surface area contributed by atoms with Crippen LogP contribution >= 0.6 is 9.24 Å². The highest BCUT2D eigenvalue weighted by molar-refractivity contribution is 7.22. The fourth-order valence-electron chi connectivity index (χ4n) is 2.85. The van der Waals surface area contributed by atoms with Gasteiger partial charge < -0.3 is 4.90 Å².